The number of hydrogen-bond donors (Lipinski definition) is 2. The molecule has 1 aromatic heterocycles. The number of benzene rings is 1. The molecule has 196 valence electrons. The van der Waals surface area contributed by atoms with Crippen molar-refractivity contribution in [2.75, 3.05) is 11.9 Å². The number of para-hydroxylation sites is 1. The van der Waals surface area contributed by atoms with E-state index in [1.807, 2.05) is 6.07 Å². The fourth-order valence-electron chi connectivity index (χ4n) is 4.18. The van der Waals surface area contributed by atoms with Crippen LogP contribution in [0, 0.1) is 0 Å². The monoisotopic (exact) mass is 516 g/mol. The summed E-state index contributed by atoms with van der Waals surface area (Å²) in [6.07, 6.45) is 10.2. The van der Waals surface area contributed by atoms with Crippen molar-refractivity contribution >= 4 is 29.2 Å². The molecule has 1 aliphatic heterocycles. The summed E-state index contributed by atoms with van der Waals surface area (Å²) < 4.78 is 7.45. The molecule has 3 rings (SSSR count). The molecular formula is C27H37ClN4O4. The Hall–Kier alpha value is -2.84. The van der Waals surface area contributed by atoms with E-state index >= 15 is 0 Å². The maximum absolute atomic E-state index is 13.3. The molecule has 1 aromatic carbocycles. The highest BCUT2D eigenvalue weighted by molar-refractivity contribution is 6.32. The summed E-state index contributed by atoms with van der Waals surface area (Å²) in [4.78, 5) is 27.8. The highest BCUT2D eigenvalue weighted by Crippen LogP contribution is 2.28. The Morgan fingerprint density at radius 2 is 1.92 bits per heavy atom. The number of carbonyl (C=O) groups excluding carboxylic acids is 2. The number of amides is 2. The number of nitrogens with one attached hydrogen (secondary N) is 1. The minimum absolute atomic E-state index is 0.186. The summed E-state index contributed by atoms with van der Waals surface area (Å²) in [6.45, 7) is 6.04. The molecule has 8 nitrogen and oxygen atoms in total. The van der Waals surface area contributed by atoms with Crippen LogP contribution in [0.2, 0.25) is 5.02 Å². The number of aromatic nitrogens is 2. The first-order valence-electron chi connectivity index (χ1n) is 12.7. The van der Waals surface area contributed by atoms with Crippen molar-refractivity contribution in [1.82, 2.24) is 14.7 Å². The van der Waals surface area contributed by atoms with E-state index in [-0.39, 0.29) is 18.4 Å². The van der Waals surface area contributed by atoms with E-state index in [1.165, 1.54) is 25.3 Å². The van der Waals surface area contributed by atoms with Gasteiger partial charge in [-0.2, -0.15) is 5.10 Å². The zero-order valence-electron chi connectivity index (χ0n) is 21.4. The van der Waals surface area contributed by atoms with Gasteiger partial charge >= 0.3 is 0 Å². The van der Waals surface area contributed by atoms with Gasteiger partial charge in [-0.3, -0.25) is 14.3 Å². The van der Waals surface area contributed by atoms with E-state index in [9.17, 15) is 14.7 Å². The largest absolute Gasteiger partial charge is 0.458 e. The van der Waals surface area contributed by atoms with Crippen molar-refractivity contribution in [1.29, 1.82) is 0 Å². The lowest BCUT2D eigenvalue weighted by Crippen LogP contribution is -2.45. The Bertz CT molecular complexity index is 1060. The highest BCUT2D eigenvalue weighted by atomic mass is 35.5. The Kier molecular flexibility index (Phi) is 9.96. The van der Waals surface area contributed by atoms with Crippen molar-refractivity contribution in [2.24, 2.45) is 0 Å². The van der Waals surface area contributed by atoms with E-state index in [2.05, 4.69) is 17.3 Å². The molecule has 1 aliphatic rings. The maximum Gasteiger partial charge on any atom is 0.251 e. The van der Waals surface area contributed by atoms with Gasteiger partial charge in [0.1, 0.15) is 17.6 Å². The van der Waals surface area contributed by atoms with Crippen LogP contribution in [-0.4, -0.2) is 49.8 Å². The average molecular weight is 517 g/mol. The van der Waals surface area contributed by atoms with Crippen LogP contribution < -0.4 is 10.1 Å². The number of ether oxygens (including phenoxy) is 1. The second-order valence-electron chi connectivity index (χ2n) is 9.88. The molecule has 1 unspecified atom stereocenters. The summed E-state index contributed by atoms with van der Waals surface area (Å²) in [5.74, 6) is 0.732. The first kappa shape index (κ1) is 27.7. The van der Waals surface area contributed by atoms with Crippen LogP contribution in [0.3, 0.4) is 0 Å². The molecule has 0 saturated carbocycles. The number of nitrogens with zero attached hydrogens (tertiary/aromatic N) is 3. The molecule has 2 N–H and O–H groups in total. The minimum atomic E-state index is -0.931. The Morgan fingerprint density at radius 1 is 1.19 bits per heavy atom. The average Bonchev–Trinajstić information content (AvgIpc) is 3.39. The summed E-state index contributed by atoms with van der Waals surface area (Å²) >= 11 is 6.20. The van der Waals surface area contributed by atoms with Gasteiger partial charge in [-0.1, -0.05) is 69.2 Å². The normalized spacial score (nSPS) is 14.6. The van der Waals surface area contributed by atoms with E-state index < -0.39 is 11.6 Å². The van der Waals surface area contributed by atoms with Gasteiger partial charge in [0, 0.05) is 18.3 Å². The Morgan fingerprint density at radius 3 is 2.64 bits per heavy atom. The predicted octanol–water partition coefficient (Wildman–Crippen LogP) is 5.17. The number of hydrogen-bond acceptors (Lipinski definition) is 5. The van der Waals surface area contributed by atoms with E-state index in [0.29, 0.717) is 35.3 Å². The van der Waals surface area contributed by atoms with Gasteiger partial charge < -0.3 is 20.1 Å². The van der Waals surface area contributed by atoms with Gasteiger partial charge in [-0.05, 0) is 32.4 Å². The van der Waals surface area contributed by atoms with E-state index in [1.54, 1.807) is 53.9 Å². The van der Waals surface area contributed by atoms with Crippen LogP contribution in [0.15, 0.2) is 48.4 Å². The smallest absolute Gasteiger partial charge is 0.251 e. The summed E-state index contributed by atoms with van der Waals surface area (Å²) in [5.41, 5.74) is -0.931. The Labute approximate surface area is 218 Å². The van der Waals surface area contributed by atoms with Crippen LogP contribution >= 0.6 is 11.6 Å². The highest BCUT2D eigenvalue weighted by Gasteiger charge is 2.34. The van der Waals surface area contributed by atoms with Crippen molar-refractivity contribution in [3.63, 3.8) is 0 Å². The number of rotatable bonds is 14. The van der Waals surface area contributed by atoms with Crippen LogP contribution in [0.25, 0.3) is 0 Å². The lowest BCUT2D eigenvalue weighted by atomic mass is 10.0. The fourth-order valence-corrected chi connectivity index (χ4v) is 4.35. The van der Waals surface area contributed by atoms with E-state index in [0.717, 1.165) is 19.3 Å². The summed E-state index contributed by atoms with van der Waals surface area (Å²) in [7, 11) is 0. The number of aliphatic hydroxyl groups is 1. The molecular weight excluding hydrogens is 480 g/mol. The molecule has 36 heavy (non-hydrogen) atoms. The molecule has 1 atom stereocenters. The van der Waals surface area contributed by atoms with Gasteiger partial charge in [-0.15, -0.1) is 0 Å². The number of anilines is 1. The van der Waals surface area contributed by atoms with Crippen molar-refractivity contribution in [3.05, 3.63) is 53.4 Å². The van der Waals surface area contributed by atoms with Crippen LogP contribution in [0.1, 0.15) is 65.7 Å². The second-order valence-corrected chi connectivity index (χ2v) is 10.3. The zero-order valence-corrected chi connectivity index (χ0v) is 22.1. The summed E-state index contributed by atoms with van der Waals surface area (Å²) in [6, 6.07) is 8.09. The first-order chi connectivity index (χ1) is 17.2. The third-order valence-corrected chi connectivity index (χ3v) is 6.23. The molecule has 2 aromatic rings. The first-order valence-corrected chi connectivity index (χ1v) is 13.0. The molecule has 0 saturated heterocycles. The van der Waals surface area contributed by atoms with Gasteiger partial charge in [0.25, 0.3) is 5.91 Å². The zero-order chi connectivity index (χ0) is 26.1. The van der Waals surface area contributed by atoms with Gasteiger partial charge in [0.05, 0.1) is 23.7 Å². The van der Waals surface area contributed by atoms with Crippen molar-refractivity contribution in [2.45, 2.75) is 83.9 Å². The van der Waals surface area contributed by atoms with Crippen LogP contribution in [0.5, 0.6) is 5.75 Å². The molecule has 9 heteroatoms. The minimum Gasteiger partial charge on any atom is -0.458 e. The lowest BCUT2D eigenvalue weighted by molar-refractivity contribution is -0.133. The Balaban J connectivity index is 1.67. The third kappa shape index (κ3) is 8.38. The van der Waals surface area contributed by atoms with Gasteiger partial charge in [0.2, 0.25) is 5.91 Å². The topological polar surface area (TPSA) is 96.7 Å². The van der Waals surface area contributed by atoms with Crippen molar-refractivity contribution < 1.29 is 19.4 Å². The van der Waals surface area contributed by atoms with Gasteiger partial charge in [0.15, 0.2) is 5.82 Å². The van der Waals surface area contributed by atoms with E-state index in [4.69, 9.17) is 16.3 Å². The standard InChI is InChI=1S/C27H37ClN4O4/c1-4-5-6-7-8-9-13-22(26(34)29-24-15-16-31(30-24)19-27(2,3)35)32-18-20(17-25(32)33)36-23-14-11-10-12-21(23)28/h10-12,14-17,22,35H,4-9,13,18-19H2,1-3H3,(H,29,30,34). The van der Waals surface area contributed by atoms with Gasteiger partial charge in [-0.25, -0.2) is 0 Å². The predicted molar refractivity (Wildman–Crippen MR) is 141 cm³/mol. The maximum atomic E-state index is 13.3. The number of halogens is 1. The SMILES string of the molecule is CCCCCCCCC(C(=O)Nc1ccn(CC(C)(C)O)n1)N1CC(Oc2ccccc2Cl)=CC1=O. The van der Waals surface area contributed by atoms with Crippen LogP contribution in [0.4, 0.5) is 5.82 Å². The number of unbranched alkanes of at least 4 members (excludes halogenated alkanes) is 5. The fraction of sp³-hybridized carbons (Fsp3) is 0.519. The molecule has 0 aliphatic carbocycles. The molecule has 0 fully saturated rings. The summed E-state index contributed by atoms with van der Waals surface area (Å²) in [5, 5.41) is 17.7. The molecule has 2 heterocycles. The molecule has 0 bridgehead atoms. The van der Waals surface area contributed by atoms with Crippen molar-refractivity contribution in [3.8, 4) is 5.75 Å². The lowest BCUT2D eigenvalue weighted by Gasteiger charge is -2.27. The number of carbonyl (C=O) groups is 2. The molecule has 0 radical (unpaired) electrons. The quantitative estimate of drug-likeness (QED) is 0.338. The third-order valence-electron chi connectivity index (χ3n) is 5.92. The second kappa shape index (κ2) is 12.9. The molecule has 0 spiro atoms. The molecule has 2 amide bonds. The van der Waals surface area contributed by atoms with Crippen LogP contribution in [-0.2, 0) is 16.1 Å².